The van der Waals surface area contributed by atoms with E-state index in [9.17, 15) is 0 Å². The normalized spacial score (nSPS) is 13.7. The monoisotopic (exact) mass is 156 g/mol. The Morgan fingerprint density at radius 1 is 1.50 bits per heavy atom. The van der Waals surface area contributed by atoms with E-state index in [1.54, 1.807) is 0 Å². The van der Waals surface area contributed by atoms with Crippen molar-refractivity contribution in [2.24, 2.45) is 0 Å². The molecule has 0 N–H and O–H groups in total. The van der Waals surface area contributed by atoms with Gasteiger partial charge in [-0.05, 0) is 25.5 Å². The Hall–Kier alpha value is -0.490. The molecule has 0 bridgehead atoms. The van der Waals surface area contributed by atoms with E-state index in [4.69, 9.17) is 11.6 Å². The third-order valence-electron chi connectivity index (χ3n) is 0.961. The molecule has 0 aliphatic carbocycles. The topological polar surface area (TPSA) is 0 Å². The Morgan fingerprint density at radius 3 is 2.70 bits per heavy atom. The fourth-order valence-electron chi connectivity index (χ4n) is 0.474. The van der Waals surface area contributed by atoms with Crippen molar-refractivity contribution in [1.82, 2.24) is 0 Å². The first-order chi connectivity index (χ1) is 4.81. The van der Waals surface area contributed by atoms with Crippen LogP contribution >= 0.6 is 11.6 Å². The van der Waals surface area contributed by atoms with E-state index in [2.05, 4.69) is 6.92 Å². The van der Waals surface area contributed by atoms with E-state index < -0.39 is 0 Å². The second kappa shape index (κ2) is 6.63. The van der Waals surface area contributed by atoms with Gasteiger partial charge in [-0.3, -0.25) is 0 Å². The average Bonchev–Trinajstić information content (AvgIpc) is 1.97. The number of rotatable bonds is 3. The van der Waals surface area contributed by atoms with Crippen LogP contribution < -0.4 is 0 Å². The predicted molar refractivity (Wildman–Crippen MR) is 48.2 cm³/mol. The van der Waals surface area contributed by atoms with Crippen LogP contribution in [0.4, 0.5) is 0 Å². The average molecular weight is 157 g/mol. The molecule has 0 atom stereocenters. The smallest absolute Gasteiger partial charge is 0.0402 e. The van der Waals surface area contributed by atoms with Gasteiger partial charge in [-0.2, -0.15) is 0 Å². The lowest BCUT2D eigenvalue weighted by Crippen LogP contribution is -1.60. The van der Waals surface area contributed by atoms with Crippen LogP contribution in [-0.2, 0) is 0 Å². The molecule has 0 radical (unpaired) electrons. The zero-order chi connectivity index (χ0) is 7.82. The molecule has 0 aromatic rings. The lowest BCUT2D eigenvalue weighted by Gasteiger charge is -1.82. The molecular weight excluding hydrogens is 144 g/mol. The van der Waals surface area contributed by atoms with E-state index in [1.807, 2.05) is 37.3 Å². The molecule has 0 nitrogen and oxygen atoms in total. The molecule has 10 heavy (non-hydrogen) atoms. The van der Waals surface area contributed by atoms with Crippen LogP contribution in [0.1, 0.15) is 20.3 Å². The largest absolute Gasteiger partial charge is 0.0876 e. The standard InChI is InChI=1S/C9H13Cl/c1-3-5-7-9(10)8-6-4-2/h3,5-8H,4H2,1-2H3/b5-3+,8-6-,9-7+. The maximum absolute atomic E-state index is 5.76. The van der Waals surface area contributed by atoms with Crippen LogP contribution in [0.2, 0.25) is 0 Å². The van der Waals surface area contributed by atoms with Crippen LogP contribution in [0.15, 0.2) is 35.4 Å². The quantitative estimate of drug-likeness (QED) is 0.548. The van der Waals surface area contributed by atoms with Crippen LogP contribution in [0.5, 0.6) is 0 Å². The van der Waals surface area contributed by atoms with Gasteiger partial charge in [0.1, 0.15) is 0 Å². The van der Waals surface area contributed by atoms with Gasteiger partial charge < -0.3 is 0 Å². The molecule has 0 aromatic carbocycles. The van der Waals surface area contributed by atoms with Gasteiger partial charge in [0.25, 0.3) is 0 Å². The summed E-state index contributed by atoms with van der Waals surface area (Å²) in [5.41, 5.74) is 0. The number of hydrogen-bond acceptors (Lipinski definition) is 0. The molecule has 0 aliphatic rings. The van der Waals surface area contributed by atoms with E-state index in [1.165, 1.54) is 0 Å². The van der Waals surface area contributed by atoms with Crippen molar-refractivity contribution >= 4 is 11.6 Å². The maximum Gasteiger partial charge on any atom is 0.0402 e. The van der Waals surface area contributed by atoms with E-state index in [0.29, 0.717) is 0 Å². The number of allylic oxidation sites excluding steroid dienone is 6. The molecular formula is C9H13Cl. The highest BCUT2D eigenvalue weighted by Gasteiger charge is 1.77. The lowest BCUT2D eigenvalue weighted by atomic mass is 10.3. The van der Waals surface area contributed by atoms with Crippen molar-refractivity contribution in [2.75, 3.05) is 0 Å². The Labute approximate surface area is 67.9 Å². The summed E-state index contributed by atoms with van der Waals surface area (Å²) in [5.74, 6) is 0. The minimum Gasteiger partial charge on any atom is -0.0876 e. The van der Waals surface area contributed by atoms with Crippen LogP contribution in [0, 0.1) is 0 Å². The van der Waals surface area contributed by atoms with Gasteiger partial charge in [-0.15, -0.1) is 0 Å². The minimum absolute atomic E-state index is 0.778. The van der Waals surface area contributed by atoms with Gasteiger partial charge in [0.15, 0.2) is 0 Å². The van der Waals surface area contributed by atoms with Crippen molar-refractivity contribution in [3.05, 3.63) is 35.4 Å². The third kappa shape index (κ3) is 5.64. The molecule has 0 spiro atoms. The summed E-state index contributed by atoms with van der Waals surface area (Å²) in [4.78, 5) is 0. The summed E-state index contributed by atoms with van der Waals surface area (Å²) >= 11 is 5.76. The summed E-state index contributed by atoms with van der Waals surface area (Å²) in [5, 5.41) is 0.778. The van der Waals surface area contributed by atoms with Gasteiger partial charge >= 0.3 is 0 Å². The van der Waals surface area contributed by atoms with Crippen molar-refractivity contribution in [3.8, 4) is 0 Å². The zero-order valence-electron chi connectivity index (χ0n) is 6.47. The molecule has 56 valence electrons. The van der Waals surface area contributed by atoms with Gasteiger partial charge in [0.2, 0.25) is 0 Å². The molecule has 0 aromatic heterocycles. The number of halogens is 1. The molecule has 0 unspecified atom stereocenters. The van der Waals surface area contributed by atoms with Crippen LogP contribution in [-0.4, -0.2) is 0 Å². The lowest BCUT2D eigenvalue weighted by molar-refractivity contribution is 1.22. The van der Waals surface area contributed by atoms with Gasteiger partial charge in [0, 0.05) is 5.03 Å². The molecule has 0 aliphatic heterocycles. The van der Waals surface area contributed by atoms with Crippen LogP contribution in [0.3, 0.4) is 0 Å². The summed E-state index contributed by atoms with van der Waals surface area (Å²) in [6.45, 7) is 4.04. The summed E-state index contributed by atoms with van der Waals surface area (Å²) in [7, 11) is 0. The van der Waals surface area contributed by atoms with E-state index in [-0.39, 0.29) is 0 Å². The van der Waals surface area contributed by atoms with Crippen molar-refractivity contribution in [1.29, 1.82) is 0 Å². The second-order valence-electron chi connectivity index (χ2n) is 1.89. The SMILES string of the molecule is C/C=C/C=C(Cl)\C=C/CC. The van der Waals surface area contributed by atoms with Gasteiger partial charge in [-0.1, -0.05) is 36.8 Å². The van der Waals surface area contributed by atoms with Crippen molar-refractivity contribution in [2.45, 2.75) is 20.3 Å². The molecule has 0 heterocycles. The highest BCUT2D eigenvalue weighted by atomic mass is 35.5. The third-order valence-corrected chi connectivity index (χ3v) is 1.21. The Morgan fingerprint density at radius 2 is 2.20 bits per heavy atom. The number of hydrogen-bond donors (Lipinski definition) is 0. The van der Waals surface area contributed by atoms with E-state index >= 15 is 0 Å². The Kier molecular flexibility index (Phi) is 6.30. The summed E-state index contributed by atoms with van der Waals surface area (Å²) in [6.07, 6.45) is 10.7. The first-order valence-electron chi connectivity index (χ1n) is 3.46. The second-order valence-corrected chi connectivity index (χ2v) is 2.32. The highest BCUT2D eigenvalue weighted by Crippen LogP contribution is 2.03. The fraction of sp³-hybridized carbons (Fsp3) is 0.333. The van der Waals surface area contributed by atoms with Crippen molar-refractivity contribution in [3.63, 3.8) is 0 Å². The molecule has 0 fully saturated rings. The first kappa shape index (κ1) is 9.51. The molecule has 0 saturated carbocycles. The Balaban J connectivity index is 3.81. The van der Waals surface area contributed by atoms with Gasteiger partial charge in [0.05, 0.1) is 0 Å². The first-order valence-corrected chi connectivity index (χ1v) is 3.84. The maximum atomic E-state index is 5.76. The zero-order valence-corrected chi connectivity index (χ0v) is 7.23. The highest BCUT2D eigenvalue weighted by molar-refractivity contribution is 6.31. The van der Waals surface area contributed by atoms with Gasteiger partial charge in [-0.25, -0.2) is 0 Å². The Bertz CT molecular complexity index is 152. The van der Waals surface area contributed by atoms with Crippen molar-refractivity contribution < 1.29 is 0 Å². The minimum atomic E-state index is 0.778. The molecule has 0 saturated heterocycles. The summed E-state index contributed by atoms with van der Waals surface area (Å²) < 4.78 is 0. The molecule has 0 rings (SSSR count). The molecule has 0 amide bonds. The van der Waals surface area contributed by atoms with E-state index in [0.717, 1.165) is 11.5 Å². The summed E-state index contributed by atoms with van der Waals surface area (Å²) in [6, 6.07) is 0. The fourth-order valence-corrected chi connectivity index (χ4v) is 0.636. The molecule has 1 heteroatoms. The predicted octanol–water partition coefficient (Wildman–Crippen LogP) is 3.65. The van der Waals surface area contributed by atoms with Crippen LogP contribution in [0.25, 0.3) is 0 Å².